The summed E-state index contributed by atoms with van der Waals surface area (Å²) in [5.41, 5.74) is -5.26. The zero-order valence-corrected chi connectivity index (χ0v) is 21.9. The number of hydrogen-bond acceptors (Lipinski definition) is 7. The molecule has 1 aromatic carbocycles. The number of piperazine rings is 1. The molecule has 5 fully saturated rings. The topological polar surface area (TPSA) is 131 Å². The van der Waals surface area contributed by atoms with Crippen molar-refractivity contribution < 1.29 is 33.4 Å². The molecule has 3 amide bonds. The van der Waals surface area contributed by atoms with Crippen LogP contribution < -0.4 is 15.4 Å². The zero-order valence-electron chi connectivity index (χ0n) is 21.9. The second-order valence-electron chi connectivity index (χ2n) is 12.5. The lowest BCUT2D eigenvalue weighted by Crippen LogP contribution is -2.87. The molecule has 198 valence electrons. The van der Waals surface area contributed by atoms with Crippen LogP contribution in [0.4, 0.5) is 5.69 Å². The molecule has 10 nitrogen and oxygen atoms in total. The lowest BCUT2D eigenvalue weighted by molar-refractivity contribution is -0.188. The molecule has 0 aromatic heterocycles. The largest absolute Gasteiger partial charge is 0.483 e. The number of rotatable bonds is 1. The van der Waals surface area contributed by atoms with E-state index in [1.807, 2.05) is 26.0 Å². The molecule has 1 aliphatic carbocycles. The minimum absolute atomic E-state index is 0.228. The van der Waals surface area contributed by atoms with E-state index >= 15 is 0 Å². The summed E-state index contributed by atoms with van der Waals surface area (Å²) in [6.07, 6.45) is 3.05. The average Bonchev–Trinajstić information content (AvgIpc) is 3.44. The lowest BCUT2D eigenvalue weighted by Gasteiger charge is -2.57. The Balaban J connectivity index is 1.54. The van der Waals surface area contributed by atoms with Gasteiger partial charge in [0, 0.05) is 19.0 Å². The van der Waals surface area contributed by atoms with Crippen molar-refractivity contribution in [3.63, 3.8) is 0 Å². The fraction of sp³-hybridized carbons (Fsp3) is 0.536. The molecule has 5 atom stereocenters. The van der Waals surface area contributed by atoms with E-state index in [-0.39, 0.29) is 18.7 Å². The zero-order chi connectivity index (χ0) is 27.2. The van der Waals surface area contributed by atoms with Crippen LogP contribution in [0.15, 0.2) is 18.2 Å². The number of carbonyl (C=O) groups excluding carboxylic acids is 5. The Morgan fingerprint density at radius 2 is 1.84 bits per heavy atom. The number of piperidine rings is 2. The van der Waals surface area contributed by atoms with E-state index in [9.17, 15) is 24.0 Å². The van der Waals surface area contributed by atoms with Crippen LogP contribution in [0.2, 0.25) is 0 Å². The normalized spacial score (nSPS) is 38.3. The van der Waals surface area contributed by atoms with Gasteiger partial charge in [-0.15, -0.1) is 0 Å². The van der Waals surface area contributed by atoms with Gasteiger partial charge in [-0.1, -0.05) is 19.9 Å². The molecule has 4 saturated heterocycles. The van der Waals surface area contributed by atoms with Crippen molar-refractivity contribution in [1.82, 2.24) is 10.2 Å². The van der Waals surface area contributed by atoms with E-state index in [1.165, 1.54) is 11.8 Å². The van der Waals surface area contributed by atoms with E-state index < -0.39 is 63.2 Å². The SMILES string of the molecule is CC(=O)OC1C23NC(=O)C4(CCCN4C2=O)C(=O)C3C(C)(C)C12C(=O)Nc1c2ccc2c1C=CC(C)(C)O2. The first-order valence-electron chi connectivity index (χ1n) is 13.0. The van der Waals surface area contributed by atoms with Gasteiger partial charge in [0.2, 0.25) is 5.91 Å². The highest BCUT2D eigenvalue weighted by atomic mass is 16.5. The Morgan fingerprint density at radius 1 is 1.11 bits per heavy atom. The summed E-state index contributed by atoms with van der Waals surface area (Å²) >= 11 is 0. The van der Waals surface area contributed by atoms with Crippen molar-refractivity contribution in [3.05, 3.63) is 29.3 Å². The van der Waals surface area contributed by atoms with Crippen LogP contribution in [0, 0.1) is 11.3 Å². The third-order valence-corrected chi connectivity index (χ3v) is 9.88. The highest BCUT2D eigenvalue weighted by Crippen LogP contribution is 2.70. The highest BCUT2D eigenvalue weighted by Gasteiger charge is 2.89. The van der Waals surface area contributed by atoms with Crippen LogP contribution in [0.3, 0.4) is 0 Å². The molecule has 2 N–H and O–H groups in total. The summed E-state index contributed by atoms with van der Waals surface area (Å²) in [6, 6.07) is 3.51. The van der Waals surface area contributed by atoms with Crippen LogP contribution in [-0.4, -0.2) is 63.7 Å². The summed E-state index contributed by atoms with van der Waals surface area (Å²) in [4.78, 5) is 70.5. The molecule has 5 unspecified atom stereocenters. The predicted octanol–water partition coefficient (Wildman–Crippen LogP) is 1.46. The van der Waals surface area contributed by atoms with Gasteiger partial charge in [-0.3, -0.25) is 24.0 Å². The molecule has 38 heavy (non-hydrogen) atoms. The highest BCUT2D eigenvalue weighted by molar-refractivity contribution is 6.26. The maximum absolute atomic E-state index is 14.4. The molecular formula is C28H29N3O7. The van der Waals surface area contributed by atoms with E-state index in [0.717, 1.165) is 0 Å². The number of anilines is 1. The molecule has 0 radical (unpaired) electrons. The van der Waals surface area contributed by atoms with Gasteiger partial charge in [-0.25, -0.2) is 0 Å². The number of nitrogens with one attached hydrogen (secondary N) is 2. The molecule has 7 aliphatic rings. The first-order valence-corrected chi connectivity index (χ1v) is 13.0. The molecule has 8 rings (SSSR count). The van der Waals surface area contributed by atoms with E-state index in [2.05, 4.69) is 10.6 Å². The number of amides is 3. The third kappa shape index (κ3) is 2.15. The van der Waals surface area contributed by atoms with Gasteiger partial charge in [-0.05, 0) is 55.9 Å². The van der Waals surface area contributed by atoms with Gasteiger partial charge in [0.15, 0.2) is 23.0 Å². The van der Waals surface area contributed by atoms with Gasteiger partial charge in [0.25, 0.3) is 11.8 Å². The van der Waals surface area contributed by atoms with Crippen LogP contribution in [-0.2, 0) is 34.1 Å². The number of carbonyl (C=O) groups is 5. The number of Topliss-reactive ketones (excluding diaryl/α,β-unsaturated/α-hetero) is 1. The van der Waals surface area contributed by atoms with E-state index in [0.29, 0.717) is 29.0 Å². The summed E-state index contributed by atoms with van der Waals surface area (Å²) in [5.74, 6) is -3.15. The van der Waals surface area contributed by atoms with Crippen LogP contribution >= 0.6 is 0 Å². The van der Waals surface area contributed by atoms with Crippen molar-refractivity contribution >= 4 is 41.2 Å². The molecule has 1 saturated carbocycles. The van der Waals surface area contributed by atoms with E-state index in [4.69, 9.17) is 9.47 Å². The number of hydrogen-bond donors (Lipinski definition) is 2. The molecule has 10 heteroatoms. The molecule has 6 aliphatic heterocycles. The molecule has 3 spiro atoms. The summed E-state index contributed by atoms with van der Waals surface area (Å²) < 4.78 is 12.0. The Morgan fingerprint density at radius 3 is 2.55 bits per heavy atom. The first-order chi connectivity index (χ1) is 17.8. The molecule has 1 aromatic rings. The summed E-state index contributed by atoms with van der Waals surface area (Å²) in [6.45, 7) is 8.82. The first kappa shape index (κ1) is 23.4. The number of ketones is 1. The quantitative estimate of drug-likeness (QED) is 0.424. The Kier molecular flexibility index (Phi) is 3.99. The van der Waals surface area contributed by atoms with Crippen molar-refractivity contribution in [1.29, 1.82) is 0 Å². The summed E-state index contributed by atoms with van der Waals surface area (Å²) in [7, 11) is 0. The smallest absolute Gasteiger partial charge is 0.303 e. The molecule has 6 heterocycles. The maximum Gasteiger partial charge on any atom is 0.303 e. The Bertz CT molecular complexity index is 1460. The van der Waals surface area contributed by atoms with Gasteiger partial charge in [-0.2, -0.15) is 0 Å². The number of nitrogens with zero attached hydrogens (tertiary/aromatic N) is 1. The molecule has 2 bridgehead atoms. The average molecular weight is 520 g/mol. The van der Waals surface area contributed by atoms with Crippen LogP contribution in [0.5, 0.6) is 5.75 Å². The number of fused-ring (bicyclic) bond motifs is 5. The van der Waals surface area contributed by atoms with Gasteiger partial charge in [0.05, 0.1) is 11.6 Å². The molecular weight excluding hydrogens is 490 g/mol. The Hall–Kier alpha value is -3.69. The minimum atomic E-state index is -1.90. The predicted molar refractivity (Wildman–Crippen MR) is 133 cm³/mol. The lowest BCUT2D eigenvalue weighted by atomic mass is 9.57. The van der Waals surface area contributed by atoms with Crippen molar-refractivity contribution in [2.75, 3.05) is 11.9 Å². The van der Waals surface area contributed by atoms with Gasteiger partial charge in [0.1, 0.15) is 16.8 Å². The summed E-state index contributed by atoms with van der Waals surface area (Å²) in [5, 5.41) is 5.86. The Labute approximate surface area is 219 Å². The van der Waals surface area contributed by atoms with Gasteiger partial charge >= 0.3 is 5.97 Å². The fourth-order valence-corrected chi connectivity index (χ4v) is 8.54. The van der Waals surface area contributed by atoms with Crippen LogP contribution in [0.1, 0.15) is 58.6 Å². The monoisotopic (exact) mass is 519 g/mol. The van der Waals surface area contributed by atoms with Crippen LogP contribution in [0.25, 0.3) is 6.08 Å². The minimum Gasteiger partial charge on any atom is -0.483 e. The second kappa shape index (κ2) is 6.47. The van der Waals surface area contributed by atoms with Crippen molar-refractivity contribution in [2.45, 2.75) is 75.7 Å². The standard InChI is InChI=1S/C28H29N3O7/c1-13(32)37-20-27(15-7-8-16-14(17(15)29-22(27)35)9-11-24(2,3)38-16)25(4,5)18-19(33)26-10-6-12-31(26)23(36)28(18,20)30-21(26)34/h7-9,11,18,20H,6,10,12H2,1-5H3,(H,29,35)(H,30,34). The number of benzene rings is 1. The number of esters is 1. The fourth-order valence-electron chi connectivity index (χ4n) is 8.54. The third-order valence-electron chi connectivity index (χ3n) is 9.88. The number of ether oxygens (including phenoxy) is 2. The van der Waals surface area contributed by atoms with E-state index in [1.54, 1.807) is 26.0 Å². The van der Waals surface area contributed by atoms with Crippen molar-refractivity contribution in [2.24, 2.45) is 11.3 Å². The van der Waals surface area contributed by atoms with Gasteiger partial charge < -0.3 is 25.0 Å². The maximum atomic E-state index is 14.4. The second-order valence-corrected chi connectivity index (χ2v) is 12.5. The van der Waals surface area contributed by atoms with Crippen molar-refractivity contribution in [3.8, 4) is 5.75 Å².